The fourth-order valence-corrected chi connectivity index (χ4v) is 5.01. The number of rotatable bonds is 9. The van der Waals surface area contributed by atoms with Crippen LogP contribution >= 0.6 is 11.3 Å². The Morgan fingerprint density at radius 1 is 1.19 bits per heavy atom. The highest BCUT2D eigenvalue weighted by Gasteiger charge is 2.14. The summed E-state index contributed by atoms with van der Waals surface area (Å²) in [6.07, 6.45) is 0.00626. The summed E-state index contributed by atoms with van der Waals surface area (Å²) in [6.45, 7) is 4.74. The maximum Gasteiger partial charge on any atom is 0.271 e. The normalized spacial score (nSPS) is 12.4. The zero-order chi connectivity index (χ0) is 23.3. The topological polar surface area (TPSA) is 121 Å². The summed E-state index contributed by atoms with van der Waals surface area (Å²) in [6, 6.07) is 10.7. The lowest BCUT2D eigenvalue weighted by atomic mass is 10.1. The molecular weight excluding hydrogens is 454 g/mol. The van der Waals surface area contributed by atoms with Crippen molar-refractivity contribution in [2.75, 3.05) is 19.0 Å². The summed E-state index contributed by atoms with van der Waals surface area (Å²) in [5, 5.41) is 11.2. The standard InChI is InChI=1S/C21H23N3O6S2/c1-3-30-12-11-23-18-14-16(24(26)27)7-10-19(18)31-21(23)22-20(25)13-15-5-8-17(9-6-15)32(28,29)4-2/h5-10,14H,3-4,11-13H2,1-2H3. The highest BCUT2D eigenvalue weighted by Crippen LogP contribution is 2.23. The number of non-ortho nitro benzene ring substituents is 1. The number of aromatic nitrogens is 1. The Morgan fingerprint density at radius 2 is 1.91 bits per heavy atom. The molecule has 1 aromatic heterocycles. The van der Waals surface area contributed by atoms with Crippen LogP contribution < -0.4 is 4.80 Å². The van der Waals surface area contributed by atoms with Crippen molar-refractivity contribution in [3.8, 4) is 0 Å². The van der Waals surface area contributed by atoms with E-state index >= 15 is 0 Å². The molecule has 0 saturated heterocycles. The molecule has 0 aliphatic heterocycles. The monoisotopic (exact) mass is 477 g/mol. The van der Waals surface area contributed by atoms with E-state index in [2.05, 4.69) is 4.99 Å². The van der Waals surface area contributed by atoms with Gasteiger partial charge in [-0.05, 0) is 30.7 Å². The molecule has 0 saturated carbocycles. The Balaban J connectivity index is 1.92. The lowest BCUT2D eigenvalue weighted by molar-refractivity contribution is -0.384. The van der Waals surface area contributed by atoms with Gasteiger partial charge in [0.1, 0.15) is 0 Å². The third-order valence-electron chi connectivity index (χ3n) is 4.78. The van der Waals surface area contributed by atoms with Crippen molar-refractivity contribution in [1.29, 1.82) is 0 Å². The molecule has 2 aromatic carbocycles. The van der Waals surface area contributed by atoms with Gasteiger partial charge in [0.25, 0.3) is 11.6 Å². The van der Waals surface area contributed by atoms with Crippen LogP contribution in [0.1, 0.15) is 19.4 Å². The van der Waals surface area contributed by atoms with Crippen LogP contribution in [-0.2, 0) is 32.3 Å². The first-order chi connectivity index (χ1) is 15.2. The quantitative estimate of drug-likeness (QED) is 0.265. The van der Waals surface area contributed by atoms with Crippen LogP contribution in [0.5, 0.6) is 0 Å². The summed E-state index contributed by atoms with van der Waals surface area (Å²) >= 11 is 1.27. The molecule has 0 bridgehead atoms. The lowest BCUT2D eigenvalue weighted by Gasteiger charge is -2.05. The molecule has 0 atom stereocenters. The summed E-state index contributed by atoms with van der Waals surface area (Å²) in [5.41, 5.74) is 1.22. The minimum Gasteiger partial charge on any atom is -0.380 e. The predicted octanol–water partition coefficient (Wildman–Crippen LogP) is 3.11. The Hall–Kier alpha value is -2.89. The van der Waals surface area contributed by atoms with Gasteiger partial charge in [-0.15, -0.1) is 0 Å². The van der Waals surface area contributed by atoms with Gasteiger partial charge in [0.15, 0.2) is 14.6 Å². The Bertz CT molecular complexity index is 1310. The van der Waals surface area contributed by atoms with Gasteiger partial charge in [-0.3, -0.25) is 14.9 Å². The Morgan fingerprint density at radius 3 is 2.53 bits per heavy atom. The molecule has 32 heavy (non-hydrogen) atoms. The minimum atomic E-state index is -3.30. The lowest BCUT2D eigenvalue weighted by Crippen LogP contribution is -2.20. The molecule has 3 aromatic rings. The predicted molar refractivity (Wildman–Crippen MR) is 121 cm³/mol. The largest absolute Gasteiger partial charge is 0.380 e. The summed E-state index contributed by atoms with van der Waals surface area (Å²) in [7, 11) is -3.30. The third kappa shape index (κ3) is 5.47. The van der Waals surface area contributed by atoms with Gasteiger partial charge in [-0.2, -0.15) is 4.99 Å². The van der Waals surface area contributed by atoms with Gasteiger partial charge in [-0.25, -0.2) is 8.42 Å². The van der Waals surface area contributed by atoms with Crippen LogP contribution in [0.15, 0.2) is 52.4 Å². The molecule has 0 N–H and O–H groups in total. The minimum absolute atomic E-state index is 0.00626. The number of hydrogen-bond donors (Lipinski definition) is 0. The van der Waals surface area contributed by atoms with Gasteiger partial charge < -0.3 is 9.30 Å². The summed E-state index contributed by atoms with van der Waals surface area (Å²) in [4.78, 5) is 28.2. The number of nitrogens with zero attached hydrogens (tertiary/aromatic N) is 3. The molecular formula is C21H23N3O6S2. The highest BCUT2D eigenvalue weighted by atomic mass is 32.2. The van der Waals surface area contributed by atoms with Crippen molar-refractivity contribution < 1.29 is 22.9 Å². The smallest absolute Gasteiger partial charge is 0.271 e. The van der Waals surface area contributed by atoms with Crippen LogP contribution in [0.2, 0.25) is 0 Å². The fourth-order valence-electron chi connectivity index (χ4n) is 3.07. The first-order valence-electron chi connectivity index (χ1n) is 10.00. The van der Waals surface area contributed by atoms with E-state index in [-0.39, 0.29) is 22.8 Å². The van der Waals surface area contributed by atoms with E-state index in [1.165, 1.54) is 35.6 Å². The molecule has 0 fully saturated rings. The first-order valence-corrected chi connectivity index (χ1v) is 12.5. The highest BCUT2D eigenvalue weighted by molar-refractivity contribution is 7.91. The van der Waals surface area contributed by atoms with Crippen LogP contribution in [0, 0.1) is 10.1 Å². The van der Waals surface area contributed by atoms with E-state index in [0.29, 0.717) is 35.6 Å². The molecule has 9 nitrogen and oxygen atoms in total. The zero-order valence-electron chi connectivity index (χ0n) is 17.7. The second-order valence-corrected chi connectivity index (χ2v) is 10.2. The number of thiazole rings is 1. The van der Waals surface area contributed by atoms with E-state index in [4.69, 9.17) is 4.74 Å². The van der Waals surface area contributed by atoms with Crippen LogP contribution in [-0.4, -0.2) is 42.8 Å². The SMILES string of the molecule is CCOCCn1c(=NC(=O)Cc2ccc(S(=O)(=O)CC)cc2)sc2ccc([N+](=O)[O-])cc21. The van der Waals surface area contributed by atoms with Crippen LogP contribution in [0.3, 0.4) is 0 Å². The molecule has 0 spiro atoms. The summed E-state index contributed by atoms with van der Waals surface area (Å²) in [5.74, 6) is -0.394. The number of nitro groups is 1. The number of hydrogen-bond acceptors (Lipinski definition) is 7. The maximum atomic E-state index is 12.6. The third-order valence-corrected chi connectivity index (χ3v) is 7.59. The molecule has 11 heteroatoms. The number of fused-ring (bicyclic) bond motifs is 1. The van der Waals surface area contributed by atoms with Crippen LogP contribution in [0.4, 0.5) is 5.69 Å². The van der Waals surface area contributed by atoms with Gasteiger partial charge in [0, 0.05) is 25.3 Å². The summed E-state index contributed by atoms with van der Waals surface area (Å²) < 4.78 is 31.8. The average molecular weight is 478 g/mol. The van der Waals surface area contributed by atoms with E-state index in [1.54, 1.807) is 29.7 Å². The number of carbonyl (C=O) groups excluding carboxylic acids is 1. The van der Waals surface area contributed by atoms with Crippen molar-refractivity contribution in [3.05, 3.63) is 62.9 Å². The van der Waals surface area contributed by atoms with Crippen molar-refractivity contribution in [2.24, 2.45) is 4.99 Å². The molecule has 0 unspecified atom stereocenters. The second-order valence-electron chi connectivity index (χ2n) is 6.87. The molecule has 1 heterocycles. The number of sulfone groups is 1. The molecule has 170 valence electrons. The Labute approximate surface area is 189 Å². The van der Waals surface area contributed by atoms with Crippen LogP contribution in [0.25, 0.3) is 10.2 Å². The van der Waals surface area contributed by atoms with E-state index < -0.39 is 20.7 Å². The number of benzene rings is 2. The number of carbonyl (C=O) groups is 1. The van der Waals surface area contributed by atoms with E-state index in [1.807, 2.05) is 6.92 Å². The average Bonchev–Trinajstić information content (AvgIpc) is 3.10. The van der Waals surface area contributed by atoms with Crippen molar-refractivity contribution in [1.82, 2.24) is 4.57 Å². The fraction of sp³-hybridized carbons (Fsp3) is 0.333. The molecule has 0 aliphatic rings. The Kier molecular flexibility index (Phi) is 7.54. The van der Waals surface area contributed by atoms with Crippen molar-refractivity contribution in [3.63, 3.8) is 0 Å². The zero-order valence-corrected chi connectivity index (χ0v) is 19.3. The van der Waals surface area contributed by atoms with Gasteiger partial charge in [0.2, 0.25) is 0 Å². The number of amides is 1. The molecule has 0 radical (unpaired) electrons. The van der Waals surface area contributed by atoms with Gasteiger partial charge in [-0.1, -0.05) is 30.4 Å². The van der Waals surface area contributed by atoms with E-state index in [9.17, 15) is 23.3 Å². The molecule has 0 aliphatic carbocycles. The van der Waals surface area contributed by atoms with E-state index in [0.717, 1.165) is 4.70 Å². The van der Waals surface area contributed by atoms with Crippen molar-refractivity contribution in [2.45, 2.75) is 31.7 Å². The van der Waals surface area contributed by atoms with Gasteiger partial charge >= 0.3 is 0 Å². The maximum absolute atomic E-state index is 12.6. The van der Waals surface area contributed by atoms with Gasteiger partial charge in [0.05, 0.1) is 38.8 Å². The first kappa shape index (κ1) is 23.8. The number of ether oxygens (including phenoxy) is 1. The molecule has 3 rings (SSSR count). The van der Waals surface area contributed by atoms with Crippen molar-refractivity contribution >= 4 is 43.0 Å². The molecule has 1 amide bonds. The number of nitro benzene ring substituents is 1. The second kappa shape index (κ2) is 10.2.